The molecule has 0 atom stereocenters. The van der Waals surface area contributed by atoms with E-state index in [4.69, 9.17) is 9.88 Å². The van der Waals surface area contributed by atoms with Crippen molar-refractivity contribution >= 4 is 27.6 Å². The Balaban J connectivity index is 1.59. The van der Waals surface area contributed by atoms with Crippen molar-refractivity contribution in [2.45, 2.75) is 11.8 Å². The predicted molar refractivity (Wildman–Crippen MR) is 113 cm³/mol. The van der Waals surface area contributed by atoms with Crippen LogP contribution in [0.2, 0.25) is 0 Å². The van der Waals surface area contributed by atoms with Crippen LogP contribution in [0.1, 0.15) is 15.9 Å². The summed E-state index contributed by atoms with van der Waals surface area (Å²) in [5.74, 6) is -1.24. The van der Waals surface area contributed by atoms with Crippen LogP contribution in [0.4, 0.5) is 5.69 Å². The first-order chi connectivity index (χ1) is 14.2. The number of esters is 1. The van der Waals surface area contributed by atoms with Crippen molar-refractivity contribution < 1.29 is 22.7 Å². The molecule has 3 rings (SSSR count). The van der Waals surface area contributed by atoms with Gasteiger partial charge in [-0.25, -0.2) is 18.4 Å². The quantitative estimate of drug-likeness (QED) is 0.590. The van der Waals surface area contributed by atoms with Gasteiger partial charge in [0.1, 0.15) is 0 Å². The molecule has 3 aromatic rings. The normalized spacial score (nSPS) is 11.0. The van der Waals surface area contributed by atoms with E-state index in [1.165, 1.54) is 18.2 Å². The highest BCUT2D eigenvalue weighted by Crippen LogP contribution is 2.20. The second-order valence-electron chi connectivity index (χ2n) is 6.59. The van der Waals surface area contributed by atoms with Crippen molar-refractivity contribution in [1.82, 2.24) is 0 Å². The lowest BCUT2D eigenvalue weighted by atomic mass is 10.0. The summed E-state index contributed by atoms with van der Waals surface area (Å²) in [6, 6.07) is 20.9. The van der Waals surface area contributed by atoms with Crippen LogP contribution in [0.3, 0.4) is 0 Å². The van der Waals surface area contributed by atoms with Crippen molar-refractivity contribution in [3.05, 3.63) is 83.9 Å². The zero-order chi connectivity index (χ0) is 21.7. The summed E-state index contributed by atoms with van der Waals surface area (Å²) < 4.78 is 28.2. The molecule has 0 aliphatic rings. The number of sulfonamides is 1. The molecule has 1 amide bonds. The molecule has 0 radical (unpaired) electrons. The number of hydrogen-bond acceptors (Lipinski definition) is 5. The molecule has 3 aromatic carbocycles. The molecule has 0 aliphatic heterocycles. The Morgan fingerprint density at radius 1 is 0.933 bits per heavy atom. The number of nitrogens with two attached hydrogens (primary N) is 1. The third-order valence-electron chi connectivity index (χ3n) is 4.34. The number of anilines is 1. The van der Waals surface area contributed by atoms with Crippen LogP contribution in [0.25, 0.3) is 11.1 Å². The second-order valence-corrected chi connectivity index (χ2v) is 8.12. The van der Waals surface area contributed by atoms with E-state index in [1.807, 2.05) is 30.3 Å². The molecule has 0 unspecified atom stereocenters. The molecule has 8 heteroatoms. The number of carbonyl (C=O) groups is 2. The van der Waals surface area contributed by atoms with Crippen LogP contribution in [0.5, 0.6) is 0 Å². The molecule has 0 saturated heterocycles. The summed E-state index contributed by atoms with van der Waals surface area (Å²) in [5.41, 5.74) is 2.98. The first-order valence-electron chi connectivity index (χ1n) is 9.00. The smallest absolute Gasteiger partial charge is 0.338 e. The van der Waals surface area contributed by atoms with Crippen LogP contribution in [-0.4, -0.2) is 26.9 Å². The van der Waals surface area contributed by atoms with E-state index < -0.39 is 28.5 Å². The van der Waals surface area contributed by atoms with E-state index in [0.717, 1.165) is 11.1 Å². The van der Waals surface area contributed by atoms with E-state index >= 15 is 0 Å². The third kappa shape index (κ3) is 5.31. The Bertz CT molecular complexity index is 1170. The molecule has 30 heavy (non-hydrogen) atoms. The molecule has 0 heterocycles. The minimum Gasteiger partial charge on any atom is -0.452 e. The molecule has 0 aliphatic carbocycles. The highest BCUT2D eigenvalue weighted by molar-refractivity contribution is 7.89. The van der Waals surface area contributed by atoms with E-state index in [2.05, 4.69) is 5.32 Å². The summed E-state index contributed by atoms with van der Waals surface area (Å²) in [6.07, 6.45) is 0. The van der Waals surface area contributed by atoms with Crippen molar-refractivity contribution in [2.75, 3.05) is 11.9 Å². The van der Waals surface area contributed by atoms with Gasteiger partial charge < -0.3 is 10.1 Å². The average molecular weight is 424 g/mol. The number of ether oxygens (including phenoxy) is 1. The number of rotatable bonds is 6. The maximum Gasteiger partial charge on any atom is 0.338 e. The number of amides is 1. The molecular weight excluding hydrogens is 404 g/mol. The van der Waals surface area contributed by atoms with E-state index in [-0.39, 0.29) is 10.6 Å². The minimum atomic E-state index is -3.91. The molecule has 0 fully saturated rings. The fourth-order valence-corrected chi connectivity index (χ4v) is 3.63. The van der Waals surface area contributed by atoms with E-state index in [1.54, 1.807) is 31.2 Å². The SMILES string of the molecule is Cc1ccc(NC(=O)COC(=O)c2ccc(-c3ccccc3)cc2)cc1S(N)(=O)=O. The van der Waals surface area contributed by atoms with E-state index in [0.29, 0.717) is 11.1 Å². The minimum absolute atomic E-state index is 0.0872. The largest absolute Gasteiger partial charge is 0.452 e. The predicted octanol–water partition coefficient (Wildman–Crippen LogP) is 3.10. The number of aryl methyl sites for hydroxylation is 1. The van der Waals surface area contributed by atoms with E-state index in [9.17, 15) is 18.0 Å². The Morgan fingerprint density at radius 2 is 1.57 bits per heavy atom. The van der Waals surface area contributed by atoms with Crippen molar-refractivity contribution in [3.63, 3.8) is 0 Å². The summed E-state index contributed by atoms with van der Waals surface area (Å²) in [6.45, 7) is 1.08. The Labute approximate surface area is 174 Å². The van der Waals surface area contributed by atoms with Gasteiger partial charge in [0, 0.05) is 5.69 Å². The van der Waals surface area contributed by atoms with Gasteiger partial charge in [0.15, 0.2) is 6.61 Å². The Morgan fingerprint density at radius 3 is 2.20 bits per heavy atom. The fraction of sp³-hybridized carbons (Fsp3) is 0.0909. The third-order valence-corrected chi connectivity index (χ3v) is 5.39. The first-order valence-corrected chi connectivity index (χ1v) is 10.5. The van der Waals surface area contributed by atoms with Crippen molar-refractivity contribution in [1.29, 1.82) is 0 Å². The number of hydrogen-bond donors (Lipinski definition) is 2. The molecule has 0 spiro atoms. The molecule has 154 valence electrons. The number of benzene rings is 3. The van der Waals surface area contributed by atoms with Gasteiger partial charge in [-0.3, -0.25) is 4.79 Å². The molecule has 7 nitrogen and oxygen atoms in total. The zero-order valence-corrected chi connectivity index (χ0v) is 17.0. The summed E-state index contributed by atoms with van der Waals surface area (Å²) in [7, 11) is -3.91. The highest BCUT2D eigenvalue weighted by atomic mass is 32.2. The van der Waals surface area contributed by atoms with Gasteiger partial charge in [-0.05, 0) is 47.9 Å². The Kier molecular flexibility index (Phi) is 6.29. The van der Waals surface area contributed by atoms with Crippen LogP contribution >= 0.6 is 0 Å². The summed E-state index contributed by atoms with van der Waals surface area (Å²) in [5, 5.41) is 7.64. The lowest BCUT2D eigenvalue weighted by Gasteiger charge is -2.09. The van der Waals surface area contributed by atoms with Gasteiger partial charge in [-0.2, -0.15) is 0 Å². The molecular formula is C22H20N2O5S. The fourth-order valence-electron chi connectivity index (χ4n) is 2.83. The molecule has 3 N–H and O–H groups in total. The Hall–Kier alpha value is -3.49. The maximum absolute atomic E-state index is 12.2. The average Bonchev–Trinajstić information content (AvgIpc) is 2.73. The number of primary sulfonamides is 1. The van der Waals surface area contributed by atoms with Crippen LogP contribution in [-0.2, 0) is 19.6 Å². The zero-order valence-electron chi connectivity index (χ0n) is 16.2. The van der Waals surface area contributed by atoms with Gasteiger partial charge >= 0.3 is 5.97 Å². The van der Waals surface area contributed by atoms with Gasteiger partial charge in [-0.1, -0.05) is 48.5 Å². The second kappa shape index (κ2) is 8.89. The highest BCUT2D eigenvalue weighted by Gasteiger charge is 2.14. The molecule has 0 saturated carbocycles. The monoisotopic (exact) mass is 424 g/mol. The van der Waals surface area contributed by atoms with Gasteiger partial charge in [0.2, 0.25) is 10.0 Å². The van der Waals surface area contributed by atoms with Crippen LogP contribution in [0.15, 0.2) is 77.7 Å². The maximum atomic E-state index is 12.2. The van der Waals surface area contributed by atoms with Gasteiger partial charge in [0.05, 0.1) is 10.5 Å². The van der Waals surface area contributed by atoms with Crippen molar-refractivity contribution in [2.24, 2.45) is 5.14 Å². The summed E-state index contributed by atoms with van der Waals surface area (Å²) >= 11 is 0. The molecule has 0 bridgehead atoms. The lowest BCUT2D eigenvalue weighted by molar-refractivity contribution is -0.119. The van der Waals surface area contributed by atoms with Gasteiger partial charge in [0.25, 0.3) is 5.91 Å². The standard InChI is InChI=1S/C22H20N2O5S/c1-15-7-12-19(13-20(15)30(23,27)28)24-21(25)14-29-22(26)18-10-8-17(9-11-18)16-5-3-2-4-6-16/h2-13H,14H2,1H3,(H,24,25)(H2,23,27,28). The van der Waals surface area contributed by atoms with Gasteiger partial charge in [-0.15, -0.1) is 0 Å². The number of nitrogens with one attached hydrogen (secondary N) is 1. The van der Waals surface area contributed by atoms with Crippen LogP contribution in [0, 0.1) is 6.92 Å². The number of carbonyl (C=O) groups excluding carboxylic acids is 2. The first kappa shape index (κ1) is 21.2. The van der Waals surface area contributed by atoms with Crippen molar-refractivity contribution in [3.8, 4) is 11.1 Å². The summed E-state index contributed by atoms with van der Waals surface area (Å²) in [4.78, 5) is 24.2. The topological polar surface area (TPSA) is 116 Å². The lowest BCUT2D eigenvalue weighted by Crippen LogP contribution is -2.21. The van der Waals surface area contributed by atoms with Crippen LogP contribution < -0.4 is 10.5 Å². The molecule has 0 aromatic heterocycles.